The van der Waals surface area contributed by atoms with Crippen molar-refractivity contribution < 1.29 is 18.7 Å². The van der Waals surface area contributed by atoms with E-state index in [4.69, 9.17) is 18.7 Å². The molecule has 3 aliphatic rings. The first kappa shape index (κ1) is 18.7. The molecule has 2 aromatic carbocycles. The zero-order valence-corrected chi connectivity index (χ0v) is 18.0. The quantitative estimate of drug-likeness (QED) is 0.539. The molecule has 2 heterocycles. The number of benzene rings is 2. The Morgan fingerprint density at radius 3 is 2.84 bits per heavy atom. The molecule has 31 heavy (non-hydrogen) atoms. The minimum absolute atomic E-state index is 0.191. The fraction of sp³-hybridized carbons (Fsp3) is 0.292. The SMILES string of the molecule is COc1ccccc1SNc1noc2c1CC1(CC1)c1ccc(C3=COCCO3)cc1-2. The summed E-state index contributed by atoms with van der Waals surface area (Å²) in [7, 11) is 1.68. The Hall–Kier alpha value is -3.06. The number of ether oxygens (including phenoxy) is 3. The second-order valence-electron chi connectivity index (χ2n) is 8.11. The summed E-state index contributed by atoms with van der Waals surface area (Å²) in [5.41, 5.74) is 4.78. The van der Waals surface area contributed by atoms with Crippen LogP contribution in [0.3, 0.4) is 0 Å². The van der Waals surface area contributed by atoms with E-state index in [9.17, 15) is 0 Å². The number of hydrogen-bond acceptors (Lipinski definition) is 7. The number of rotatable bonds is 5. The van der Waals surface area contributed by atoms with E-state index < -0.39 is 0 Å². The smallest absolute Gasteiger partial charge is 0.183 e. The summed E-state index contributed by atoms with van der Waals surface area (Å²) in [5.74, 6) is 3.21. The number of nitrogens with one attached hydrogen (secondary N) is 1. The van der Waals surface area contributed by atoms with Crippen LogP contribution in [-0.4, -0.2) is 25.5 Å². The second-order valence-corrected chi connectivity index (χ2v) is 8.96. The molecule has 6 nitrogen and oxygen atoms in total. The van der Waals surface area contributed by atoms with Crippen LogP contribution in [-0.2, 0) is 21.3 Å². The summed E-state index contributed by atoms with van der Waals surface area (Å²) in [4.78, 5) is 1.00. The highest BCUT2D eigenvalue weighted by molar-refractivity contribution is 8.00. The molecule has 7 heteroatoms. The van der Waals surface area contributed by atoms with Crippen molar-refractivity contribution in [2.24, 2.45) is 0 Å². The molecule has 1 N–H and O–H groups in total. The molecule has 0 amide bonds. The first-order valence-electron chi connectivity index (χ1n) is 10.4. The summed E-state index contributed by atoms with van der Waals surface area (Å²) in [6, 6.07) is 14.4. The Morgan fingerprint density at radius 2 is 2.03 bits per heavy atom. The molecule has 6 rings (SSSR count). The molecule has 0 unspecified atom stereocenters. The van der Waals surface area contributed by atoms with Gasteiger partial charge >= 0.3 is 0 Å². The third-order valence-electron chi connectivity index (χ3n) is 6.25. The molecule has 1 spiro atoms. The molecule has 0 radical (unpaired) electrons. The highest BCUT2D eigenvalue weighted by atomic mass is 32.2. The largest absolute Gasteiger partial charge is 0.496 e. The number of anilines is 1. The predicted molar refractivity (Wildman–Crippen MR) is 119 cm³/mol. The molecule has 1 aliphatic heterocycles. The average Bonchev–Trinajstić information content (AvgIpc) is 3.48. The highest BCUT2D eigenvalue weighted by Crippen LogP contribution is 2.58. The molecule has 1 saturated carbocycles. The normalized spacial score (nSPS) is 17.6. The molecule has 0 saturated heterocycles. The van der Waals surface area contributed by atoms with E-state index in [1.54, 1.807) is 13.4 Å². The Morgan fingerprint density at radius 1 is 1.13 bits per heavy atom. The van der Waals surface area contributed by atoms with Crippen molar-refractivity contribution in [3.05, 3.63) is 65.4 Å². The maximum atomic E-state index is 5.87. The van der Waals surface area contributed by atoms with Crippen molar-refractivity contribution in [2.45, 2.75) is 29.6 Å². The lowest BCUT2D eigenvalue weighted by atomic mass is 9.78. The van der Waals surface area contributed by atoms with Crippen molar-refractivity contribution in [1.29, 1.82) is 0 Å². The molecule has 158 valence electrons. The van der Waals surface area contributed by atoms with Crippen LogP contribution < -0.4 is 9.46 Å². The van der Waals surface area contributed by atoms with Gasteiger partial charge < -0.3 is 23.5 Å². The van der Waals surface area contributed by atoms with Gasteiger partial charge in [0.2, 0.25) is 0 Å². The number of nitrogens with zero attached hydrogens (tertiary/aromatic N) is 1. The highest BCUT2D eigenvalue weighted by Gasteiger charge is 2.50. The predicted octanol–water partition coefficient (Wildman–Crippen LogP) is 5.40. The van der Waals surface area contributed by atoms with Crippen molar-refractivity contribution in [1.82, 2.24) is 5.16 Å². The lowest BCUT2D eigenvalue weighted by Gasteiger charge is -2.25. The van der Waals surface area contributed by atoms with Crippen LogP contribution in [0, 0.1) is 0 Å². The van der Waals surface area contributed by atoms with Gasteiger partial charge in [-0.05, 0) is 55.0 Å². The van der Waals surface area contributed by atoms with Gasteiger partial charge in [-0.2, -0.15) is 0 Å². The van der Waals surface area contributed by atoms with Crippen LogP contribution in [0.2, 0.25) is 0 Å². The van der Waals surface area contributed by atoms with Crippen LogP contribution in [0.4, 0.5) is 5.82 Å². The first-order chi connectivity index (χ1) is 15.3. The number of methoxy groups -OCH3 is 1. The summed E-state index contributed by atoms with van der Waals surface area (Å²) >= 11 is 1.49. The van der Waals surface area contributed by atoms with Crippen LogP contribution in [0.15, 0.2) is 58.1 Å². The van der Waals surface area contributed by atoms with Crippen molar-refractivity contribution in [3.8, 4) is 17.1 Å². The van der Waals surface area contributed by atoms with Gasteiger partial charge in [0.15, 0.2) is 17.3 Å². The van der Waals surface area contributed by atoms with Gasteiger partial charge in [0.1, 0.15) is 25.2 Å². The number of fused-ring (bicyclic) bond motifs is 4. The van der Waals surface area contributed by atoms with E-state index in [-0.39, 0.29) is 5.41 Å². The Labute approximate surface area is 184 Å². The Balaban J connectivity index is 1.35. The molecule has 0 bridgehead atoms. The maximum absolute atomic E-state index is 5.87. The number of aromatic nitrogens is 1. The van der Waals surface area contributed by atoms with E-state index in [0.717, 1.165) is 51.1 Å². The van der Waals surface area contributed by atoms with Gasteiger partial charge in [-0.15, -0.1) is 0 Å². The van der Waals surface area contributed by atoms with Gasteiger partial charge in [-0.1, -0.05) is 29.4 Å². The fourth-order valence-corrected chi connectivity index (χ4v) is 5.24. The third kappa shape index (κ3) is 3.15. The second kappa shape index (κ2) is 7.27. The van der Waals surface area contributed by atoms with E-state index >= 15 is 0 Å². The molecule has 3 aromatic rings. The van der Waals surface area contributed by atoms with Crippen molar-refractivity contribution in [2.75, 3.05) is 25.0 Å². The lowest BCUT2D eigenvalue weighted by Crippen LogP contribution is -2.18. The molecule has 1 aromatic heterocycles. The number of para-hydroxylation sites is 1. The zero-order valence-electron chi connectivity index (χ0n) is 17.1. The summed E-state index contributed by atoms with van der Waals surface area (Å²) in [5, 5.41) is 4.38. The third-order valence-corrected chi connectivity index (χ3v) is 7.11. The van der Waals surface area contributed by atoms with E-state index in [2.05, 4.69) is 28.1 Å². The summed E-state index contributed by atoms with van der Waals surface area (Å²) < 4.78 is 26.0. The van der Waals surface area contributed by atoms with Crippen molar-refractivity contribution in [3.63, 3.8) is 0 Å². The fourth-order valence-electron chi connectivity index (χ4n) is 4.47. The lowest BCUT2D eigenvalue weighted by molar-refractivity contribution is 0.125. The summed E-state index contributed by atoms with van der Waals surface area (Å²) in [6.45, 7) is 1.15. The number of hydrogen-bond donors (Lipinski definition) is 1. The van der Waals surface area contributed by atoms with E-state index in [0.29, 0.717) is 13.2 Å². The monoisotopic (exact) mass is 434 g/mol. The zero-order chi connectivity index (χ0) is 20.8. The Kier molecular flexibility index (Phi) is 4.38. The van der Waals surface area contributed by atoms with E-state index in [1.807, 2.05) is 24.3 Å². The molecule has 1 fully saturated rings. The summed E-state index contributed by atoms with van der Waals surface area (Å²) in [6.07, 6.45) is 5.01. The molecular formula is C24H22N2O4S. The maximum Gasteiger partial charge on any atom is 0.183 e. The standard InChI is InChI=1S/C24H22N2O4S/c1-27-19-4-2-3-5-21(19)31-26-23-17-13-24(8-9-24)18-7-6-15(20-14-28-10-11-29-20)12-16(18)22(17)30-25-23/h2-7,12,14H,8-11,13H2,1H3,(H,25,26). The van der Waals surface area contributed by atoms with Gasteiger partial charge in [0.25, 0.3) is 0 Å². The molecule has 0 atom stereocenters. The van der Waals surface area contributed by atoms with Crippen LogP contribution in [0.1, 0.15) is 29.5 Å². The topological polar surface area (TPSA) is 65.8 Å². The van der Waals surface area contributed by atoms with Gasteiger partial charge in [-0.25, -0.2) is 0 Å². The first-order valence-corrected chi connectivity index (χ1v) is 11.2. The van der Waals surface area contributed by atoms with Gasteiger partial charge in [-0.3, -0.25) is 0 Å². The van der Waals surface area contributed by atoms with Crippen LogP contribution in [0.5, 0.6) is 5.75 Å². The van der Waals surface area contributed by atoms with Gasteiger partial charge in [0.05, 0.1) is 12.0 Å². The van der Waals surface area contributed by atoms with Crippen LogP contribution in [0.25, 0.3) is 17.1 Å². The molecule has 2 aliphatic carbocycles. The van der Waals surface area contributed by atoms with Gasteiger partial charge in [0, 0.05) is 22.1 Å². The minimum Gasteiger partial charge on any atom is -0.496 e. The minimum atomic E-state index is 0.191. The average molecular weight is 435 g/mol. The van der Waals surface area contributed by atoms with E-state index in [1.165, 1.54) is 30.4 Å². The van der Waals surface area contributed by atoms with Crippen molar-refractivity contribution >= 4 is 23.5 Å². The Bertz CT molecular complexity index is 1180. The van der Waals surface area contributed by atoms with Crippen LogP contribution >= 0.6 is 11.9 Å². The molecular weight excluding hydrogens is 412 g/mol.